The predicted molar refractivity (Wildman–Crippen MR) is 35.2 cm³/mol. The fourth-order valence-electron chi connectivity index (χ4n) is 0.516. The molecule has 1 atom stereocenters. The van der Waals surface area contributed by atoms with Crippen molar-refractivity contribution in [3.8, 4) is 0 Å². The Kier molecular flexibility index (Phi) is 2.36. The highest BCUT2D eigenvalue weighted by Gasteiger charge is 2.27. The molecule has 1 saturated carbocycles. The van der Waals surface area contributed by atoms with Gasteiger partial charge in [0.25, 0.3) is 0 Å². The van der Waals surface area contributed by atoms with Crippen molar-refractivity contribution in [2.75, 3.05) is 6.54 Å². The Labute approximate surface area is 56.4 Å². The Bertz CT molecular complexity index is 133. The number of carbonyl (C=O) groups excluding carboxylic acids is 1. The molecule has 1 rings (SSSR count). The van der Waals surface area contributed by atoms with Crippen molar-refractivity contribution >= 4 is 17.3 Å². The molecule has 0 amide bonds. The molecule has 0 bridgehead atoms. The normalized spacial score (nSPS) is 21.3. The second kappa shape index (κ2) is 3.08. The van der Waals surface area contributed by atoms with E-state index in [4.69, 9.17) is 0 Å². The highest BCUT2D eigenvalue weighted by molar-refractivity contribution is 7.84. The zero-order valence-electron chi connectivity index (χ0n) is 5.00. The van der Waals surface area contributed by atoms with Gasteiger partial charge in [-0.15, -0.1) is 0 Å². The van der Waals surface area contributed by atoms with Crippen LogP contribution >= 0.6 is 0 Å². The largest absolute Gasteiger partial charge is 0.302 e. The Morgan fingerprint density at radius 2 is 2.33 bits per heavy atom. The lowest BCUT2D eigenvalue weighted by Crippen LogP contribution is -2.22. The van der Waals surface area contributed by atoms with Gasteiger partial charge in [-0.05, 0) is 12.8 Å². The lowest BCUT2D eigenvalue weighted by Gasteiger charge is -1.94. The SMILES string of the molecule is O=CCNS(=O)C1CC1. The highest BCUT2D eigenvalue weighted by Crippen LogP contribution is 2.24. The van der Waals surface area contributed by atoms with Gasteiger partial charge in [-0.25, -0.2) is 8.93 Å². The van der Waals surface area contributed by atoms with Gasteiger partial charge in [0.2, 0.25) is 0 Å². The first kappa shape index (κ1) is 6.89. The van der Waals surface area contributed by atoms with Gasteiger partial charge < -0.3 is 4.79 Å². The van der Waals surface area contributed by atoms with E-state index in [1.54, 1.807) is 0 Å². The van der Waals surface area contributed by atoms with Gasteiger partial charge in [0, 0.05) is 5.25 Å². The molecule has 1 aliphatic rings. The van der Waals surface area contributed by atoms with E-state index < -0.39 is 11.0 Å². The molecular formula is C5H9NO2S. The van der Waals surface area contributed by atoms with Crippen molar-refractivity contribution in [3.63, 3.8) is 0 Å². The van der Waals surface area contributed by atoms with Crippen molar-refractivity contribution in [2.45, 2.75) is 18.1 Å². The second-order valence-corrected chi connectivity index (χ2v) is 3.56. The lowest BCUT2D eigenvalue weighted by molar-refractivity contribution is -0.106. The van der Waals surface area contributed by atoms with Gasteiger partial charge in [0.15, 0.2) is 0 Å². The lowest BCUT2D eigenvalue weighted by atomic mass is 10.8. The summed E-state index contributed by atoms with van der Waals surface area (Å²) in [5.41, 5.74) is 0. The van der Waals surface area contributed by atoms with Crippen molar-refractivity contribution in [1.29, 1.82) is 0 Å². The molecule has 1 fully saturated rings. The molecule has 1 unspecified atom stereocenters. The minimum absolute atomic E-state index is 0.211. The summed E-state index contributed by atoms with van der Waals surface area (Å²) in [5, 5.41) is 0.324. The van der Waals surface area contributed by atoms with E-state index in [2.05, 4.69) is 4.72 Å². The van der Waals surface area contributed by atoms with Crippen molar-refractivity contribution in [1.82, 2.24) is 4.72 Å². The average molecular weight is 147 g/mol. The highest BCUT2D eigenvalue weighted by atomic mass is 32.2. The van der Waals surface area contributed by atoms with E-state index in [9.17, 15) is 9.00 Å². The standard InChI is InChI=1S/C5H9NO2S/c7-4-3-6-9(8)5-1-2-5/h4-6H,1-3H2. The zero-order chi connectivity index (χ0) is 6.69. The van der Waals surface area contributed by atoms with Crippen LogP contribution in [0.1, 0.15) is 12.8 Å². The number of rotatable bonds is 4. The Balaban J connectivity index is 2.10. The molecule has 0 saturated heterocycles. The van der Waals surface area contributed by atoms with Crippen LogP contribution in [0, 0.1) is 0 Å². The van der Waals surface area contributed by atoms with Crippen LogP contribution in [0.3, 0.4) is 0 Å². The fourth-order valence-corrected chi connectivity index (χ4v) is 1.55. The minimum atomic E-state index is -0.942. The third kappa shape index (κ3) is 2.24. The Morgan fingerprint density at radius 1 is 1.67 bits per heavy atom. The van der Waals surface area contributed by atoms with Gasteiger partial charge in [-0.1, -0.05) is 0 Å². The molecule has 52 valence electrons. The van der Waals surface area contributed by atoms with Gasteiger partial charge in [0.05, 0.1) is 17.5 Å². The molecule has 0 aromatic heterocycles. The molecule has 1 aliphatic carbocycles. The van der Waals surface area contributed by atoms with E-state index >= 15 is 0 Å². The predicted octanol–water partition coefficient (Wildman–Crippen LogP) is -0.399. The summed E-state index contributed by atoms with van der Waals surface area (Å²) in [5.74, 6) is 0. The maximum absolute atomic E-state index is 10.8. The molecule has 0 spiro atoms. The summed E-state index contributed by atoms with van der Waals surface area (Å²) in [7, 11) is -0.942. The van der Waals surface area contributed by atoms with Crippen LogP contribution < -0.4 is 4.72 Å². The topological polar surface area (TPSA) is 46.2 Å². The van der Waals surface area contributed by atoms with Crippen LogP contribution in [0.5, 0.6) is 0 Å². The van der Waals surface area contributed by atoms with Crippen LogP contribution in [0.4, 0.5) is 0 Å². The number of nitrogens with one attached hydrogen (secondary N) is 1. The van der Waals surface area contributed by atoms with E-state index in [1.165, 1.54) is 0 Å². The molecule has 4 heteroatoms. The van der Waals surface area contributed by atoms with Crippen LogP contribution in [0.15, 0.2) is 0 Å². The van der Waals surface area contributed by atoms with E-state index in [0.717, 1.165) is 19.1 Å². The number of hydrogen-bond donors (Lipinski definition) is 1. The molecule has 0 aliphatic heterocycles. The summed E-state index contributed by atoms with van der Waals surface area (Å²) in [6.07, 6.45) is 2.80. The third-order valence-corrected chi connectivity index (χ3v) is 2.66. The molecular weight excluding hydrogens is 138 g/mol. The summed E-state index contributed by atoms with van der Waals surface area (Å²) in [6, 6.07) is 0. The zero-order valence-corrected chi connectivity index (χ0v) is 5.82. The first-order chi connectivity index (χ1) is 4.34. The average Bonchev–Trinajstić information content (AvgIpc) is 2.63. The first-order valence-corrected chi connectivity index (χ1v) is 4.13. The van der Waals surface area contributed by atoms with Crippen LogP contribution in [0.25, 0.3) is 0 Å². The molecule has 0 heterocycles. The number of aldehydes is 1. The van der Waals surface area contributed by atoms with Gasteiger partial charge in [0.1, 0.15) is 6.29 Å². The maximum atomic E-state index is 10.8. The summed E-state index contributed by atoms with van der Waals surface area (Å²) in [4.78, 5) is 9.76. The van der Waals surface area contributed by atoms with E-state index in [-0.39, 0.29) is 6.54 Å². The maximum Gasteiger partial charge on any atom is 0.134 e. The van der Waals surface area contributed by atoms with E-state index in [1.807, 2.05) is 0 Å². The smallest absolute Gasteiger partial charge is 0.134 e. The number of carbonyl (C=O) groups is 1. The molecule has 9 heavy (non-hydrogen) atoms. The second-order valence-electron chi connectivity index (χ2n) is 2.01. The molecule has 0 radical (unpaired) electrons. The molecule has 1 N–H and O–H groups in total. The Hall–Kier alpha value is -0.220. The van der Waals surface area contributed by atoms with Crippen molar-refractivity contribution in [3.05, 3.63) is 0 Å². The van der Waals surface area contributed by atoms with Crippen LogP contribution in [0.2, 0.25) is 0 Å². The van der Waals surface area contributed by atoms with E-state index in [0.29, 0.717) is 5.25 Å². The number of hydrogen-bond acceptors (Lipinski definition) is 2. The van der Waals surface area contributed by atoms with Gasteiger partial charge in [-0.3, -0.25) is 0 Å². The van der Waals surface area contributed by atoms with Crippen molar-refractivity contribution < 1.29 is 9.00 Å². The quantitative estimate of drug-likeness (QED) is 0.550. The fraction of sp³-hybridized carbons (Fsp3) is 0.800. The monoisotopic (exact) mass is 147 g/mol. The summed E-state index contributed by atoms with van der Waals surface area (Å²) < 4.78 is 13.4. The molecule has 0 aromatic carbocycles. The summed E-state index contributed by atoms with van der Waals surface area (Å²) in [6.45, 7) is 0.211. The first-order valence-electron chi connectivity index (χ1n) is 2.92. The van der Waals surface area contributed by atoms with Crippen LogP contribution in [-0.4, -0.2) is 22.3 Å². The molecule has 0 aromatic rings. The minimum Gasteiger partial charge on any atom is -0.302 e. The molecule has 3 nitrogen and oxygen atoms in total. The van der Waals surface area contributed by atoms with Crippen molar-refractivity contribution in [2.24, 2.45) is 0 Å². The Morgan fingerprint density at radius 3 is 2.78 bits per heavy atom. The van der Waals surface area contributed by atoms with Gasteiger partial charge >= 0.3 is 0 Å². The third-order valence-electron chi connectivity index (χ3n) is 1.14. The van der Waals surface area contributed by atoms with Gasteiger partial charge in [-0.2, -0.15) is 0 Å². The summed E-state index contributed by atoms with van der Waals surface area (Å²) >= 11 is 0. The van der Waals surface area contributed by atoms with Crippen LogP contribution in [-0.2, 0) is 15.8 Å².